The van der Waals surface area contributed by atoms with E-state index in [9.17, 15) is 0 Å². The highest BCUT2D eigenvalue weighted by atomic mass is 16.6. The van der Waals surface area contributed by atoms with Crippen LogP contribution in [0.25, 0.3) is 0 Å². The molecule has 0 spiro atoms. The standard InChI is InChI=1S/CHN.CH2O3.2H3N/c1-2;2-1(3)4;;/h1H;(H2,2,3,4);2*1H3. The van der Waals surface area contributed by atoms with Gasteiger partial charge in [-0.3, -0.25) is 0 Å². The van der Waals surface area contributed by atoms with Gasteiger partial charge in [-0.1, -0.05) is 0 Å². The fourth-order valence-electron chi connectivity index (χ4n) is 0. The topological polar surface area (TPSA) is 151 Å². The zero-order chi connectivity index (χ0) is 5.58. The highest BCUT2D eigenvalue weighted by molar-refractivity contribution is 5.53. The Bertz CT molecular complexity index is 56.8. The highest BCUT2D eigenvalue weighted by Gasteiger charge is 1.70. The summed E-state index contributed by atoms with van der Waals surface area (Å²) >= 11 is 0. The van der Waals surface area contributed by atoms with Crippen molar-refractivity contribution in [3.05, 3.63) is 0 Å². The van der Waals surface area contributed by atoms with Crippen molar-refractivity contribution >= 4 is 6.16 Å². The molecule has 0 aliphatic carbocycles. The molecular weight excluding hydrogens is 114 g/mol. The van der Waals surface area contributed by atoms with Gasteiger partial charge in [0.15, 0.2) is 0 Å². The maximum atomic E-state index is 8.56. The van der Waals surface area contributed by atoms with Gasteiger partial charge in [-0.05, 0) is 0 Å². The van der Waals surface area contributed by atoms with E-state index in [4.69, 9.17) is 20.3 Å². The quantitative estimate of drug-likeness (QED) is 0.371. The number of carboxylic acid groups (broad SMARTS) is 2. The summed E-state index contributed by atoms with van der Waals surface area (Å²) in [6.07, 6.45) is -1.83. The predicted molar refractivity (Wildman–Crippen MR) is 27.4 cm³/mol. The Morgan fingerprint density at radius 2 is 1.25 bits per heavy atom. The van der Waals surface area contributed by atoms with E-state index in [1.54, 1.807) is 0 Å². The molecule has 6 nitrogen and oxygen atoms in total. The minimum absolute atomic E-state index is 0. The van der Waals surface area contributed by atoms with Crippen molar-refractivity contribution < 1.29 is 15.0 Å². The minimum atomic E-state index is -1.83. The summed E-state index contributed by atoms with van der Waals surface area (Å²) in [5.74, 6) is 0. The third-order valence-electron chi connectivity index (χ3n) is 0. The molecule has 0 unspecified atom stereocenters. The monoisotopic (exact) mass is 123 g/mol. The van der Waals surface area contributed by atoms with E-state index in [0.29, 0.717) is 0 Å². The molecule has 8 heavy (non-hydrogen) atoms. The van der Waals surface area contributed by atoms with Crippen molar-refractivity contribution in [3.8, 4) is 6.57 Å². The van der Waals surface area contributed by atoms with Crippen molar-refractivity contribution in [1.82, 2.24) is 12.3 Å². The zero-order valence-corrected chi connectivity index (χ0v) is 4.24. The van der Waals surface area contributed by atoms with E-state index >= 15 is 0 Å². The molecule has 0 radical (unpaired) electrons. The molecule has 0 saturated heterocycles. The van der Waals surface area contributed by atoms with Crippen LogP contribution in [0.2, 0.25) is 0 Å². The maximum absolute atomic E-state index is 8.56. The van der Waals surface area contributed by atoms with Gasteiger partial charge in [0.2, 0.25) is 0 Å². The lowest BCUT2D eigenvalue weighted by atomic mass is 11.5. The van der Waals surface area contributed by atoms with Gasteiger partial charge in [-0.15, -0.1) is 0 Å². The van der Waals surface area contributed by atoms with E-state index in [1.807, 2.05) is 0 Å². The van der Waals surface area contributed by atoms with Crippen LogP contribution < -0.4 is 12.3 Å². The van der Waals surface area contributed by atoms with Crippen molar-refractivity contribution in [3.63, 3.8) is 0 Å². The van der Waals surface area contributed by atoms with Crippen molar-refractivity contribution in [1.29, 1.82) is 5.26 Å². The molecule has 8 N–H and O–H groups in total. The molecule has 0 aromatic carbocycles. The number of nitriles is 1. The van der Waals surface area contributed by atoms with Gasteiger partial charge < -0.3 is 22.5 Å². The number of carbonyl (C=O) groups is 1. The summed E-state index contributed by atoms with van der Waals surface area (Å²) in [6.45, 7) is 3.50. The molecule has 0 bridgehead atoms. The first kappa shape index (κ1) is 30.0. The molecule has 0 atom stereocenters. The van der Waals surface area contributed by atoms with E-state index in [0.717, 1.165) is 0 Å². The van der Waals surface area contributed by atoms with Crippen LogP contribution >= 0.6 is 0 Å². The zero-order valence-electron chi connectivity index (χ0n) is 4.24. The molecule has 0 fully saturated rings. The molecule has 0 aromatic rings. The van der Waals surface area contributed by atoms with Crippen LogP contribution in [0.3, 0.4) is 0 Å². The van der Waals surface area contributed by atoms with Crippen molar-refractivity contribution in [2.75, 3.05) is 0 Å². The molecule has 0 aliphatic rings. The molecule has 0 rings (SSSR count). The molecule has 0 aliphatic heterocycles. The van der Waals surface area contributed by atoms with Gasteiger partial charge in [0.05, 0.1) is 0 Å². The summed E-state index contributed by atoms with van der Waals surface area (Å²) in [5.41, 5.74) is 0. The molecule has 0 saturated carbocycles. The summed E-state index contributed by atoms with van der Waals surface area (Å²) in [6, 6.07) is 0. The highest BCUT2D eigenvalue weighted by Crippen LogP contribution is 1.42. The normalized spacial score (nSPS) is 3.25. The Morgan fingerprint density at radius 1 is 1.25 bits per heavy atom. The van der Waals surface area contributed by atoms with Crippen LogP contribution in [0.5, 0.6) is 0 Å². The van der Waals surface area contributed by atoms with Crippen LogP contribution in [0.15, 0.2) is 0 Å². The smallest absolute Gasteiger partial charge is 0.450 e. The van der Waals surface area contributed by atoms with E-state index in [2.05, 4.69) is 6.57 Å². The predicted octanol–water partition coefficient (Wildman–Crippen LogP) is 0.686. The van der Waals surface area contributed by atoms with Crippen LogP contribution in [0.4, 0.5) is 4.79 Å². The summed E-state index contributed by atoms with van der Waals surface area (Å²) in [7, 11) is 0. The van der Waals surface area contributed by atoms with Gasteiger partial charge in [-0.25, -0.2) is 10.1 Å². The van der Waals surface area contributed by atoms with E-state index in [1.165, 1.54) is 0 Å². The second-order valence-electron chi connectivity index (χ2n) is 0.283. The van der Waals surface area contributed by atoms with Crippen molar-refractivity contribution in [2.24, 2.45) is 0 Å². The molecule has 0 heterocycles. The van der Waals surface area contributed by atoms with Crippen LogP contribution in [-0.2, 0) is 0 Å². The number of nitrogens with zero attached hydrogens (tertiary/aromatic N) is 1. The Kier molecular flexibility index (Phi) is 165. The number of hydrogen-bond acceptors (Lipinski definition) is 4. The van der Waals surface area contributed by atoms with E-state index in [-0.39, 0.29) is 12.3 Å². The first-order chi connectivity index (χ1) is 2.73. The summed E-state index contributed by atoms with van der Waals surface area (Å²) in [4.78, 5) is 8.56. The Balaban J connectivity index is -0.0000000183. The second kappa shape index (κ2) is 44.1. The second-order valence-corrected chi connectivity index (χ2v) is 0.283. The lowest BCUT2D eigenvalue weighted by Crippen LogP contribution is -1.81. The number of rotatable bonds is 0. The average molecular weight is 123 g/mol. The third kappa shape index (κ3) is 36.4. The Labute approximate surface area is 46.5 Å². The largest absolute Gasteiger partial charge is 0.503 e. The fraction of sp³-hybridized carbons (Fsp3) is 0. The van der Waals surface area contributed by atoms with E-state index < -0.39 is 6.16 Å². The molecule has 0 aromatic heterocycles. The molecular formula is C2H9N3O3. The van der Waals surface area contributed by atoms with Crippen molar-refractivity contribution in [2.45, 2.75) is 0 Å². The fourth-order valence-corrected chi connectivity index (χ4v) is 0. The lowest BCUT2D eigenvalue weighted by Gasteiger charge is -1.60. The van der Waals surface area contributed by atoms with Gasteiger partial charge >= 0.3 is 6.16 Å². The van der Waals surface area contributed by atoms with Crippen LogP contribution in [0, 0.1) is 11.8 Å². The maximum Gasteiger partial charge on any atom is 0.503 e. The first-order valence-electron chi connectivity index (χ1n) is 0.910. The van der Waals surface area contributed by atoms with Crippen LogP contribution in [-0.4, -0.2) is 16.4 Å². The average Bonchev–Trinajstić information content (AvgIpc) is 1.41. The summed E-state index contributed by atoms with van der Waals surface area (Å²) < 4.78 is 0. The van der Waals surface area contributed by atoms with Gasteiger partial charge in [0.1, 0.15) is 0 Å². The molecule has 0 amide bonds. The Hall–Kier alpha value is -1.32. The first-order valence-corrected chi connectivity index (χ1v) is 0.910. The van der Waals surface area contributed by atoms with Gasteiger partial charge in [0, 0.05) is 6.57 Å². The SMILES string of the molecule is C#N.N.N.O=C(O)O. The Morgan fingerprint density at radius 3 is 1.25 bits per heavy atom. The molecule has 6 heteroatoms. The molecule has 50 valence electrons. The van der Waals surface area contributed by atoms with Crippen LogP contribution in [0.1, 0.15) is 0 Å². The third-order valence-corrected chi connectivity index (χ3v) is 0. The van der Waals surface area contributed by atoms with Gasteiger partial charge in [-0.2, -0.15) is 0 Å². The summed E-state index contributed by atoms with van der Waals surface area (Å²) in [5, 5.41) is 20.4. The number of hydrogen-bond donors (Lipinski definition) is 4. The van der Waals surface area contributed by atoms with Gasteiger partial charge in [0.25, 0.3) is 0 Å². The lowest BCUT2D eigenvalue weighted by molar-refractivity contribution is 0.137. The minimum Gasteiger partial charge on any atom is -0.450 e.